The Kier molecular flexibility index (Phi) is 4.80. The zero-order valence-electron chi connectivity index (χ0n) is 13.7. The van der Waals surface area contributed by atoms with Crippen LogP contribution in [0.1, 0.15) is 11.8 Å². The lowest BCUT2D eigenvalue weighted by atomic mass is 10.1. The van der Waals surface area contributed by atoms with Crippen molar-refractivity contribution in [1.82, 2.24) is 4.72 Å². The topological polar surface area (TPSA) is 110 Å². The second kappa shape index (κ2) is 6.76. The van der Waals surface area contributed by atoms with Crippen molar-refractivity contribution in [3.05, 3.63) is 69.6 Å². The first-order valence-corrected chi connectivity index (χ1v) is 9.95. The Morgan fingerprint density at radius 2 is 1.85 bits per heavy atom. The third kappa shape index (κ3) is 3.75. The van der Waals surface area contributed by atoms with Crippen molar-refractivity contribution < 1.29 is 18.4 Å². The summed E-state index contributed by atoms with van der Waals surface area (Å²) in [5.41, 5.74) is -1.58. The number of hydrogen-bond acceptors (Lipinski definition) is 6. The van der Waals surface area contributed by atoms with Gasteiger partial charge >= 0.3 is 0 Å². The average Bonchev–Trinajstić information content (AvgIpc) is 3.05. The third-order valence-corrected chi connectivity index (χ3v) is 6.71. The molecule has 7 nitrogen and oxygen atoms in total. The van der Waals surface area contributed by atoms with Gasteiger partial charge in [-0.2, -0.15) is 0 Å². The van der Waals surface area contributed by atoms with E-state index < -0.39 is 20.5 Å². The summed E-state index contributed by atoms with van der Waals surface area (Å²) in [4.78, 5) is 10.6. The Balaban J connectivity index is 1.78. The number of nitrogens with one attached hydrogen (secondary N) is 1. The number of hydrogen-bond donors (Lipinski definition) is 2. The lowest BCUT2D eigenvalue weighted by Gasteiger charge is -2.22. The van der Waals surface area contributed by atoms with Gasteiger partial charge in [-0.15, -0.1) is 11.3 Å². The lowest BCUT2D eigenvalue weighted by Crippen LogP contribution is -2.38. The van der Waals surface area contributed by atoms with Crippen molar-refractivity contribution in [3.63, 3.8) is 0 Å². The predicted octanol–water partition coefficient (Wildman–Crippen LogP) is 3.00. The predicted molar refractivity (Wildman–Crippen MR) is 99.7 cm³/mol. The van der Waals surface area contributed by atoms with Crippen LogP contribution in [0.5, 0.6) is 0 Å². The molecule has 0 saturated carbocycles. The monoisotopic (exact) mass is 392 g/mol. The van der Waals surface area contributed by atoms with Gasteiger partial charge in [0.25, 0.3) is 5.69 Å². The van der Waals surface area contributed by atoms with E-state index in [2.05, 4.69) is 4.72 Å². The molecule has 26 heavy (non-hydrogen) atoms. The van der Waals surface area contributed by atoms with Crippen LogP contribution < -0.4 is 4.72 Å². The summed E-state index contributed by atoms with van der Waals surface area (Å²) < 4.78 is 28.1. The van der Waals surface area contributed by atoms with Gasteiger partial charge in [0.1, 0.15) is 5.60 Å². The van der Waals surface area contributed by atoms with Gasteiger partial charge < -0.3 is 5.11 Å². The molecule has 0 aliphatic rings. The van der Waals surface area contributed by atoms with Gasteiger partial charge in [-0.05, 0) is 36.6 Å². The number of aliphatic hydroxyl groups is 1. The number of fused-ring (bicyclic) bond motifs is 1. The highest BCUT2D eigenvalue weighted by Gasteiger charge is 2.28. The highest BCUT2D eigenvalue weighted by Crippen LogP contribution is 2.33. The zero-order valence-corrected chi connectivity index (χ0v) is 15.4. The molecule has 0 fully saturated rings. The molecular weight excluding hydrogens is 376 g/mol. The maximum absolute atomic E-state index is 12.4. The first-order valence-electron chi connectivity index (χ1n) is 7.65. The first-order chi connectivity index (χ1) is 12.2. The van der Waals surface area contributed by atoms with Crippen LogP contribution in [-0.4, -0.2) is 25.0 Å². The molecular formula is C17H16N2O5S2. The van der Waals surface area contributed by atoms with E-state index in [9.17, 15) is 23.6 Å². The third-order valence-electron chi connectivity index (χ3n) is 3.92. The molecule has 0 amide bonds. The van der Waals surface area contributed by atoms with Crippen LogP contribution in [0, 0.1) is 10.1 Å². The van der Waals surface area contributed by atoms with E-state index >= 15 is 0 Å². The first kappa shape index (κ1) is 18.5. The Morgan fingerprint density at radius 3 is 2.46 bits per heavy atom. The number of nitro benzene ring substituents is 1. The van der Waals surface area contributed by atoms with E-state index in [4.69, 9.17) is 0 Å². The smallest absolute Gasteiger partial charge is 0.269 e. The second-order valence-corrected chi connectivity index (χ2v) is 8.85. The van der Waals surface area contributed by atoms with E-state index in [1.165, 1.54) is 18.3 Å². The van der Waals surface area contributed by atoms with Crippen molar-refractivity contribution in [2.45, 2.75) is 17.4 Å². The molecule has 3 rings (SSSR count). The van der Waals surface area contributed by atoms with E-state index in [1.54, 1.807) is 0 Å². The highest BCUT2D eigenvalue weighted by atomic mass is 32.2. The van der Waals surface area contributed by atoms with Crippen molar-refractivity contribution in [2.24, 2.45) is 0 Å². The van der Waals surface area contributed by atoms with Crippen LogP contribution in [0.3, 0.4) is 0 Å². The molecule has 1 aromatic heterocycles. The summed E-state index contributed by atoms with van der Waals surface area (Å²) in [7, 11) is -3.90. The van der Waals surface area contributed by atoms with E-state index in [0.29, 0.717) is 4.88 Å². The molecule has 3 aromatic rings. The second-order valence-electron chi connectivity index (χ2n) is 6.00. The molecule has 9 heteroatoms. The van der Waals surface area contributed by atoms with Crippen LogP contribution in [-0.2, 0) is 15.6 Å². The zero-order chi connectivity index (χ0) is 18.9. The van der Waals surface area contributed by atoms with Gasteiger partial charge in [-0.3, -0.25) is 10.1 Å². The van der Waals surface area contributed by atoms with E-state index in [-0.39, 0.29) is 17.1 Å². The number of nitro groups is 1. The molecule has 1 atom stereocenters. The van der Waals surface area contributed by atoms with Crippen LogP contribution >= 0.6 is 11.3 Å². The van der Waals surface area contributed by atoms with Gasteiger partial charge in [0.2, 0.25) is 10.0 Å². The molecule has 136 valence electrons. The normalized spacial score (nSPS) is 14.2. The number of thiophene rings is 1. The summed E-state index contributed by atoms with van der Waals surface area (Å²) in [6, 6.07) is 14.0. The number of non-ortho nitro benzene ring substituents is 1. The van der Waals surface area contributed by atoms with Crippen molar-refractivity contribution >= 4 is 37.1 Å². The molecule has 0 spiro atoms. The standard InChI is InChI=1S/C17H16N2O5S2/c1-17(20,16-10-12-4-2-3-5-15(12)25-16)11-18-26(23,24)14-8-6-13(7-9-14)19(21)22/h2-10,18,20H,11H2,1H3. The molecule has 1 heterocycles. The summed E-state index contributed by atoms with van der Waals surface area (Å²) in [5, 5.41) is 22.3. The van der Waals surface area contributed by atoms with Gasteiger partial charge in [0.15, 0.2) is 0 Å². The fraction of sp³-hybridized carbons (Fsp3) is 0.176. The fourth-order valence-corrected chi connectivity index (χ4v) is 4.64. The quantitative estimate of drug-likeness (QED) is 0.495. The Labute approximate surface area is 154 Å². The van der Waals surface area contributed by atoms with Crippen LogP contribution in [0.2, 0.25) is 0 Å². The van der Waals surface area contributed by atoms with Gasteiger partial charge in [0.05, 0.1) is 9.82 Å². The summed E-state index contributed by atoms with van der Waals surface area (Å²) in [5.74, 6) is 0. The molecule has 2 N–H and O–H groups in total. The summed E-state index contributed by atoms with van der Waals surface area (Å²) >= 11 is 1.40. The molecule has 1 unspecified atom stereocenters. The highest BCUT2D eigenvalue weighted by molar-refractivity contribution is 7.89. The minimum absolute atomic E-state index is 0.102. The Morgan fingerprint density at radius 1 is 1.19 bits per heavy atom. The maximum Gasteiger partial charge on any atom is 0.269 e. The summed E-state index contributed by atoms with van der Waals surface area (Å²) in [6.45, 7) is 1.31. The average molecular weight is 392 g/mol. The number of rotatable bonds is 6. The minimum atomic E-state index is -3.90. The van der Waals surface area contributed by atoms with E-state index in [1.807, 2.05) is 30.3 Å². The molecule has 2 aromatic carbocycles. The van der Waals surface area contributed by atoms with Gasteiger partial charge in [0, 0.05) is 28.3 Å². The van der Waals surface area contributed by atoms with Crippen molar-refractivity contribution in [1.29, 1.82) is 0 Å². The molecule has 0 bridgehead atoms. The number of benzene rings is 2. The minimum Gasteiger partial charge on any atom is -0.383 e. The molecule has 0 saturated heterocycles. The number of sulfonamides is 1. The lowest BCUT2D eigenvalue weighted by molar-refractivity contribution is -0.384. The SMILES string of the molecule is CC(O)(CNS(=O)(=O)c1ccc([N+](=O)[O-])cc1)c1cc2ccccc2s1. The Bertz CT molecular complexity index is 1020. The van der Waals surface area contributed by atoms with E-state index in [0.717, 1.165) is 34.4 Å². The summed E-state index contributed by atoms with van der Waals surface area (Å²) in [6.07, 6.45) is 0. The van der Waals surface area contributed by atoms with Crippen molar-refractivity contribution in [2.75, 3.05) is 6.54 Å². The Hall–Kier alpha value is -2.33. The molecule has 0 aliphatic carbocycles. The fourth-order valence-electron chi connectivity index (χ4n) is 2.40. The van der Waals surface area contributed by atoms with Gasteiger partial charge in [-0.1, -0.05) is 18.2 Å². The van der Waals surface area contributed by atoms with Crippen LogP contribution in [0.25, 0.3) is 10.1 Å². The van der Waals surface area contributed by atoms with Crippen LogP contribution in [0.4, 0.5) is 5.69 Å². The van der Waals surface area contributed by atoms with Crippen molar-refractivity contribution in [3.8, 4) is 0 Å². The van der Waals surface area contributed by atoms with Gasteiger partial charge in [-0.25, -0.2) is 13.1 Å². The molecule has 0 aliphatic heterocycles. The van der Waals surface area contributed by atoms with Crippen LogP contribution in [0.15, 0.2) is 59.5 Å². The number of nitrogens with zero attached hydrogens (tertiary/aromatic N) is 1. The maximum atomic E-state index is 12.4. The molecule has 0 radical (unpaired) electrons. The largest absolute Gasteiger partial charge is 0.383 e.